The summed E-state index contributed by atoms with van der Waals surface area (Å²) in [5.41, 5.74) is 1.28. The van der Waals surface area contributed by atoms with Crippen molar-refractivity contribution in [3.63, 3.8) is 0 Å². The van der Waals surface area contributed by atoms with E-state index in [2.05, 4.69) is 4.90 Å². The van der Waals surface area contributed by atoms with Gasteiger partial charge in [0.05, 0.1) is 6.61 Å². The number of esters is 1. The van der Waals surface area contributed by atoms with Crippen molar-refractivity contribution < 1.29 is 22.7 Å². The Bertz CT molecular complexity index is 1110. The van der Waals surface area contributed by atoms with Gasteiger partial charge in [-0.2, -0.15) is 4.31 Å². The van der Waals surface area contributed by atoms with Crippen molar-refractivity contribution in [1.82, 2.24) is 13.8 Å². The Labute approximate surface area is 194 Å². The van der Waals surface area contributed by atoms with E-state index in [1.54, 1.807) is 18.9 Å². The largest absolute Gasteiger partial charge is 0.461 e. The number of ether oxygens (including phenoxy) is 1. The molecule has 4 rings (SSSR count). The molecule has 1 aromatic heterocycles. The maximum atomic E-state index is 13.4. The second kappa shape index (κ2) is 9.56. The molecule has 178 valence electrons. The Kier molecular flexibility index (Phi) is 6.76. The molecule has 2 aliphatic heterocycles. The zero-order valence-electron chi connectivity index (χ0n) is 19.0. The number of aromatic nitrogens is 1. The highest BCUT2D eigenvalue weighted by Gasteiger charge is 2.42. The number of amides is 1. The van der Waals surface area contributed by atoms with Crippen molar-refractivity contribution in [2.75, 3.05) is 44.2 Å². The Morgan fingerprint density at radius 1 is 1.06 bits per heavy atom. The van der Waals surface area contributed by atoms with Crippen LogP contribution in [0, 0.1) is 0 Å². The van der Waals surface area contributed by atoms with Gasteiger partial charge in [-0.1, -0.05) is 18.2 Å². The van der Waals surface area contributed by atoms with E-state index in [0.717, 1.165) is 5.69 Å². The van der Waals surface area contributed by atoms with Gasteiger partial charge >= 0.3 is 5.97 Å². The van der Waals surface area contributed by atoms with Crippen LogP contribution < -0.4 is 4.90 Å². The highest BCUT2D eigenvalue weighted by Crippen LogP contribution is 2.29. The summed E-state index contributed by atoms with van der Waals surface area (Å²) >= 11 is 0. The van der Waals surface area contributed by atoms with Gasteiger partial charge in [-0.15, -0.1) is 0 Å². The molecule has 2 saturated heterocycles. The monoisotopic (exact) mass is 474 g/mol. The molecule has 2 aliphatic rings. The Morgan fingerprint density at radius 2 is 1.76 bits per heavy atom. The molecule has 0 radical (unpaired) electrons. The average molecular weight is 475 g/mol. The predicted molar refractivity (Wildman–Crippen MR) is 124 cm³/mol. The summed E-state index contributed by atoms with van der Waals surface area (Å²) in [4.78, 5) is 29.4. The minimum absolute atomic E-state index is 0.00153. The Hall–Kier alpha value is -2.85. The van der Waals surface area contributed by atoms with Crippen LogP contribution in [0.1, 0.15) is 30.3 Å². The molecule has 2 aromatic rings. The fraction of sp³-hybridized carbons (Fsp3) is 0.478. The number of carbonyl (C=O) groups is 2. The highest BCUT2D eigenvalue weighted by molar-refractivity contribution is 7.89. The van der Waals surface area contributed by atoms with Gasteiger partial charge in [0.15, 0.2) is 0 Å². The van der Waals surface area contributed by atoms with E-state index in [0.29, 0.717) is 39.0 Å². The number of anilines is 1. The topological polar surface area (TPSA) is 92.2 Å². The molecule has 3 heterocycles. The number of sulfonamides is 1. The zero-order chi connectivity index (χ0) is 23.6. The summed E-state index contributed by atoms with van der Waals surface area (Å²) < 4.78 is 34.5. The molecule has 1 amide bonds. The fourth-order valence-electron chi connectivity index (χ4n) is 4.53. The van der Waals surface area contributed by atoms with Gasteiger partial charge < -0.3 is 19.1 Å². The lowest BCUT2D eigenvalue weighted by molar-refractivity contribution is -0.134. The van der Waals surface area contributed by atoms with Crippen LogP contribution in [-0.2, 0) is 26.6 Å². The molecule has 1 aromatic carbocycles. The lowest BCUT2D eigenvalue weighted by Crippen LogP contribution is -2.54. The third kappa shape index (κ3) is 4.63. The van der Waals surface area contributed by atoms with Gasteiger partial charge in [-0.05, 0) is 38.0 Å². The Balaban J connectivity index is 1.47. The molecule has 0 spiro atoms. The Morgan fingerprint density at radius 3 is 2.42 bits per heavy atom. The van der Waals surface area contributed by atoms with Crippen LogP contribution in [0.5, 0.6) is 0 Å². The summed E-state index contributed by atoms with van der Waals surface area (Å²) in [6, 6.07) is 10.7. The maximum Gasteiger partial charge on any atom is 0.354 e. The van der Waals surface area contributed by atoms with E-state index in [9.17, 15) is 18.0 Å². The van der Waals surface area contributed by atoms with E-state index in [1.165, 1.54) is 21.1 Å². The van der Waals surface area contributed by atoms with Crippen molar-refractivity contribution in [2.24, 2.45) is 7.05 Å². The van der Waals surface area contributed by atoms with Gasteiger partial charge in [0.1, 0.15) is 16.6 Å². The number of rotatable bonds is 6. The van der Waals surface area contributed by atoms with Crippen LogP contribution in [0.25, 0.3) is 0 Å². The number of para-hydroxylation sites is 1. The van der Waals surface area contributed by atoms with Crippen molar-refractivity contribution in [3.8, 4) is 0 Å². The van der Waals surface area contributed by atoms with Crippen molar-refractivity contribution in [2.45, 2.75) is 30.7 Å². The second-order valence-corrected chi connectivity index (χ2v) is 10.2. The smallest absolute Gasteiger partial charge is 0.354 e. The van der Waals surface area contributed by atoms with Gasteiger partial charge in [0.2, 0.25) is 15.9 Å². The molecule has 10 heteroatoms. The molecular weight excluding hydrogens is 444 g/mol. The highest BCUT2D eigenvalue weighted by atomic mass is 32.2. The molecule has 1 atom stereocenters. The lowest BCUT2D eigenvalue weighted by atomic mass is 10.1. The SMILES string of the molecule is CCOC(=O)c1cc(S(=O)(=O)N2CCC[C@@H]2C(=O)N2CCN(c3ccccc3)CC2)cn1C. The predicted octanol–water partition coefficient (Wildman–Crippen LogP) is 1.70. The summed E-state index contributed by atoms with van der Waals surface area (Å²) in [5.74, 6) is -0.725. The van der Waals surface area contributed by atoms with Crippen LogP contribution in [0.3, 0.4) is 0 Å². The standard InChI is InChI=1S/C23H30N4O5S/c1-3-32-23(29)21-16-19(17-24(21)2)33(30,31)27-11-7-10-20(27)22(28)26-14-12-25(13-15-26)18-8-5-4-6-9-18/h4-6,8-9,16-17,20H,3,7,10-15H2,1-2H3/t20-/m1/s1. The van der Waals surface area contributed by atoms with Crippen molar-refractivity contribution in [3.05, 3.63) is 48.3 Å². The van der Waals surface area contributed by atoms with Crippen LogP contribution in [0.4, 0.5) is 5.69 Å². The maximum absolute atomic E-state index is 13.4. The minimum atomic E-state index is -3.93. The molecule has 0 aliphatic carbocycles. The molecule has 2 fully saturated rings. The first-order valence-corrected chi connectivity index (χ1v) is 12.7. The zero-order valence-corrected chi connectivity index (χ0v) is 19.8. The first-order valence-electron chi connectivity index (χ1n) is 11.3. The number of hydrogen-bond donors (Lipinski definition) is 0. The molecule has 0 N–H and O–H groups in total. The fourth-order valence-corrected chi connectivity index (χ4v) is 6.25. The summed E-state index contributed by atoms with van der Waals surface area (Å²) in [5, 5.41) is 0. The van der Waals surface area contributed by atoms with E-state index < -0.39 is 22.0 Å². The molecule has 0 bridgehead atoms. The quantitative estimate of drug-likeness (QED) is 0.592. The van der Waals surface area contributed by atoms with Crippen molar-refractivity contribution in [1.29, 1.82) is 0 Å². The second-order valence-electron chi connectivity index (χ2n) is 8.31. The normalized spacial score (nSPS) is 19.6. The molecule has 9 nitrogen and oxygen atoms in total. The van der Waals surface area contributed by atoms with Crippen LogP contribution in [-0.4, -0.2) is 79.4 Å². The van der Waals surface area contributed by atoms with Gasteiger partial charge in [0.25, 0.3) is 0 Å². The summed E-state index contributed by atoms with van der Waals surface area (Å²) in [6.45, 7) is 4.69. The van der Waals surface area contributed by atoms with Crippen LogP contribution >= 0.6 is 0 Å². The average Bonchev–Trinajstić information content (AvgIpc) is 3.47. The van der Waals surface area contributed by atoms with E-state index in [4.69, 9.17) is 4.74 Å². The molecule has 0 unspecified atom stereocenters. The van der Waals surface area contributed by atoms with Crippen LogP contribution in [0.15, 0.2) is 47.5 Å². The number of piperazine rings is 1. The minimum Gasteiger partial charge on any atom is -0.461 e. The van der Waals surface area contributed by atoms with E-state index in [-0.39, 0.29) is 29.6 Å². The first kappa shape index (κ1) is 23.3. The van der Waals surface area contributed by atoms with Gasteiger partial charge in [-0.3, -0.25) is 4.79 Å². The van der Waals surface area contributed by atoms with Gasteiger partial charge in [-0.25, -0.2) is 13.2 Å². The number of nitrogens with zero attached hydrogens (tertiary/aromatic N) is 4. The molecular formula is C23H30N4O5S. The number of carbonyl (C=O) groups excluding carboxylic acids is 2. The first-order chi connectivity index (χ1) is 15.8. The number of hydrogen-bond acceptors (Lipinski definition) is 6. The van der Waals surface area contributed by atoms with E-state index >= 15 is 0 Å². The molecule has 0 saturated carbocycles. The third-order valence-electron chi connectivity index (χ3n) is 6.27. The summed E-state index contributed by atoms with van der Waals surface area (Å²) in [6.07, 6.45) is 2.52. The molecule has 33 heavy (non-hydrogen) atoms. The third-order valence-corrected chi connectivity index (χ3v) is 8.15. The van der Waals surface area contributed by atoms with Crippen LogP contribution in [0.2, 0.25) is 0 Å². The number of aryl methyl sites for hydroxylation is 1. The van der Waals surface area contributed by atoms with Crippen molar-refractivity contribution >= 4 is 27.6 Å². The van der Waals surface area contributed by atoms with Gasteiger partial charge in [0, 0.05) is 51.7 Å². The van der Waals surface area contributed by atoms with E-state index in [1.807, 2.05) is 30.3 Å². The number of benzene rings is 1. The summed E-state index contributed by atoms with van der Waals surface area (Å²) in [7, 11) is -2.33. The lowest BCUT2D eigenvalue weighted by Gasteiger charge is -2.38.